The topological polar surface area (TPSA) is 21.3 Å². The Kier molecular flexibility index (Phi) is 5.37. The van der Waals surface area contributed by atoms with Gasteiger partial charge in [0.25, 0.3) is 0 Å². The van der Waals surface area contributed by atoms with Crippen molar-refractivity contribution in [1.82, 2.24) is 5.32 Å². The number of methoxy groups -OCH3 is 1. The third-order valence-corrected chi connectivity index (χ3v) is 2.57. The molecule has 0 aliphatic carbocycles. The molecular weight excluding hydrogens is 186 g/mol. The van der Waals surface area contributed by atoms with E-state index in [1.54, 1.807) is 7.11 Å². The van der Waals surface area contributed by atoms with Crippen molar-refractivity contribution in [2.24, 2.45) is 0 Å². The van der Waals surface area contributed by atoms with Crippen LogP contribution in [-0.2, 0) is 11.2 Å². The maximum Gasteiger partial charge on any atom is 0.0613 e. The van der Waals surface area contributed by atoms with Crippen LogP contribution in [0.3, 0.4) is 0 Å². The monoisotopic (exact) mass is 207 g/mol. The average molecular weight is 207 g/mol. The van der Waals surface area contributed by atoms with E-state index >= 15 is 0 Å². The van der Waals surface area contributed by atoms with Crippen LogP contribution < -0.4 is 5.32 Å². The van der Waals surface area contributed by atoms with Gasteiger partial charge in [0.2, 0.25) is 0 Å². The Hall–Kier alpha value is -0.860. The zero-order chi connectivity index (χ0) is 11.1. The molecular formula is C13H21NO. The number of benzene rings is 1. The number of hydrogen-bond donors (Lipinski definition) is 1. The molecule has 0 aliphatic rings. The van der Waals surface area contributed by atoms with Crippen LogP contribution in [0.1, 0.15) is 18.1 Å². The lowest BCUT2D eigenvalue weighted by Crippen LogP contribution is -2.31. The van der Waals surface area contributed by atoms with E-state index in [2.05, 4.69) is 43.4 Å². The highest BCUT2D eigenvalue weighted by atomic mass is 16.5. The van der Waals surface area contributed by atoms with Crippen LogP contribution in [0.5, 0.6) is 0 Å². The number of ether oxygens (including phenoxy) is 1. The van der Waals surface area contributed by atoms with E-state index in [0.717, 1.165) is 19.6 Å². The van der Waals surface area contributed by atoms with Gasteiger partial charge in [-0.3, -0.25) is 0 Å². The van der Waals surface area contributed by atoms with Gasteiger partial charge in [-0.25, -0.2) is 0 Å². The zero-order valence-corrected chi connectivity index (χ0v) is 9.92. The first-order chi connectivity index (χ1) is 7.24. The summed E-state index contributed by atoms with van der Waals surface area (Å²) in [6, 6.07) is 8.96. The SMILES string of the molecule is COCC(C)NCCc1ccccc1C. The Morgan fingerprint density at radius 2 is 2.07 bits per heavy atom. The minimum atomic E-state index is 0.430. The Morgan fingerprint density at radius 3 is 2.73 bits per heavy atom. The Bertz CT molecular complexity index is 286. The highest BCUT2D eigenvalue weighted by molar-refractivity contribution is 5.25. The molecule has 2 nitrogen and oxygen atoms in total. The van der Waals surface area contributed by atoms with Gasteiger partial charge < -0.3 is 10.1 Å². The summed E-state index contributed by atoms with van der Waals surface area (Å²) in [6.45, 7) is 6.08. The first-order valence-corrected chi connectivity index (χ1v) is 5.51. The molecule has 1 aromatic carbocycles. The highest BCUT2D eigenvalue weighted by Gasteiger charge is 2.00. The summed E-state index contributed by atoms with van der Waals surface area (Å²) in [7, 11) is 1.74. The van der Waals surface area contributed by atoms with Crippen molar-refractivity contribution in [3.05, 3.63) is 35.4 Å². The second kappa shape index (κ2) is 6.59. The quantitative estimate of drug-likeness (QED) is 0.772. The maximum atomic E-state index is 5.07. The molecule has 15 heavy (non-hydrogen) atoms. The van der Waals surface area contributed by atoms with Crippen LogP contribution in [-0.4, -0.2) is 26.3 Å². The van der Waals surface area contributed by atoms with E-state index in [0.29, 0.717) is 6.04 Å². The Morgan fingerprint density at radius 1 is 1.33 bits per heavy atom. The number of rotatable bonds is 6. The van der Waals surface area contributed by atoms with Gasteiger partial charge in [-0.1, -0.05) is 24.3 Å². The molecule has 1 aromatic rings. The third kappa shape index (κ3) is 4.45. The minimum absolute atomic E-state index is 0.430. The van der Waals surface area contributed by atoms with Crippen molar-refractivity contribution in [3.8, 4) is 0 Å². The largest absolute Gasteiger partial charge is 0.383 e. The molecule has 0 aromatic heterocycles. The lowest BCUT2D eigenvalue weighted by Gasteiger charge is -2.13. The molecule has 0 heterocycles. The number of nitrogens with one attached hydrogen (secondary N) is 1. The second-order valence-corrected chi connectivity index (χ2v) is 3.99. The molecule has 1 unspecified atom stereocenters. The lowest BCUT2D eigenvalue weighted by atomic mass is 10.1. The van der Waals surface area contributed by atoms with Crippen molar-refractivity contribution in [2.45, 2.75) is 26.3 Å². The summed E-state index contributed by atoms with van der Waals surface area (Å²) in [5.41, 5.74) is 2.80. The van der Waals surface area contributed by atoms with Gasteiger partial charge in [0.15, 0.2) is 0 Å². The fourth-order valence-electron chi connectivity index (χ4n) is 1.65. The van der Waals surface area contributed by atoms with Crippen LogP contribution in [0, 0.1) is 6.92 Å². The first-order valence-electron chi connectivity index (χ1n) is 5.51. The van der Waals surface area contributed by atoms with E-state index < -0.39 is 0 Å². The highest BCUT2D eigenvalue weighted by Crippen LogP contribution is 2.06. The third-order valence-electron chi connectivity index (χ3n) is 2.57. The molecule has 0 radical (unpaired) electrons. The van der Waals surface area contributed by atoms with Gasteiger partial charge in [0, 0.05) is 13.2 Å². The van der Waals surface area contributed by atoms with Crippen LogP contribution in [0.25, 0.3) is 0 Å². The van der Waals surface area contributed by atoms with Crippen LogP contribution in [0.4, 0.5) is 0 Å². The summed E-state index contributed by atoms with van der Waals surface area (Å²) in [5.74, 6) is 0. The van der Waals surface area contributed by atoms with Gasteiger partial charge >= 0.3 is 0 Å². The molecule has 84 valence electrons. The molecule has 1 atom stereocenters. The Labute approximate surface area is 92.6 Å². The van der Waals surface area contributed by atoms with Crippen molar-refractivity contribution in [1.29, 1.82) is 0 Å². The molecule has 0 aliphatic heterocycles. The van der Waals surface area contributed by atoms with Crippen LogP contribution in [0.2, 0.25) is 0 Å². The van der Waals surface area contributed by atoms with Crippen molar-refractivity contribution >= 4 is 0 Å². The molecule has 0 amide bonds. The molecule has 0 saturated carbocycles. The van der Waals surface area contributed by atoms with E-state index in [1.165, 1.54) is 11.1 Å². The summed E-state index contributed by atoms with van der Waals surface area (Å²) >= 11 is 0. The van der Waals surface area contributed by atoms with Gasteiger partial charge in [-0.15, -0.1) is 0 Å². The number of hydrogen-bond acceptors (Lipinski definition) is 2. The predicted molar refractivity (Wildman–Crippen MR) is 64.2 cm³/mol. The molecule has 0 fully saturated rings. The average Bonchev–Trinajstić information content (AvgIpc) is 2.21. The lowest BCUT2D eigenvalue weighted by molar-refractivity contribution is 0.172. The van der Waals surface area contributed by atoms with Gasteiger partial charge in [-0.2, -0.15) is 0 Å². The van der Waals surface area contributed by atoms with E-state index in [1.807, 2.05) is 0 Å². The smallest absolute Gasteiger partial charge is 0.0613 e. The predicted octanol–water partition coefficient (Wildman–Crippen LogP) is 2.16. The summed E-state index contributed by atoms with van der Waals surface area (Å²) in [5, 5.41) is 3.43. The second-order valence-electron chi connectivity index (χ2n) is 3.99. The van der Waals surface area contributed by atoms with E-state index in [4.69, 9.17) is 4.74 Å². The molecule has 0 spiro atoms. The fraction of sp³-hybridized carbons (Fsp3) is 0.538. The first kappa shape index (κ1) is 12.2. The summed E-state index contributed by atoms with van der Waals surface area (Å²) in [6.07, 6.45) is 1.08. The normalized spacial score (nSPS) is 12.7. The molecule has 2 heteroatoms. The Balaban J connectivity index is 2.29. The van der Waals surface area contributed by atoms with E-state index in [9.17, 15) is 0 Å². The van der Waals surface area contributed by atoms with Gasteiger partial charge in [0.05, 0.1) is 6.61 Å². The van der Waals surface area contributed by atoms with E-state index in [-0.39, 0.29) is 0 Å². The van der Waals surface area contributed by atoms with Crippen molar-refractivity contribution < 1.29 is 4.74 Å². The molecule has 0 bridgehead atoms. The van der Waals surface area contributed by atoms with Crippen LogP contribution >= 0.6 is 0 Å². The van der Waals surface area contributed by atoms with Gasteiger partial charge in [0.1, 0.15) is 0 Å². The molecule has 1 N–H and O–H groups in total. The molecule has 1 rings (SSSR count). The maximum absolute atomic E-state index is 5.07. The standard InChI is InChI=1S/C13H21NO/c1-11-6-4-5-7-13(11)8-9-14-12(2)10-15-3/h4-7,12,14H,8-10H2,1-3H3. The minimum Gasteiger partial charge on any atom is -0.383 e. The fourth-order valence-corrected chi connectivity index (χ4v) is 1.65. The summed E-state index contributed by atoms with van der Waals surface area (Å²) < 4.78 is 5.07. The summed E-state index contributed by atoms with van der Waals surface area (Å²) in [4.78, 5) is 0. The van der Waals surface area contributed by atoms with Gasteiger partial charge in [-0.05, 0) is 37.9 Å². The number of aryl methyl sites for hydroxylation is 1. The molecule has 0 saturated heterocycles. The van der Waals surface area contributed by atoms with Crippen molar-refractivity contribution in [3.63, 3.8) is 0 Å². The van der Waals surface area contributed by atoms with Crippen LogP contribution in [0.15, 0.2) is 24.3 Å². The zero-order valence-electron chi connectivity index (χ0n) is 9.92. The van der Waals surface area contributed by atoms with Crippen molar-refractivity contribution in [2.75, 3.05) is 20.3 Å².